The van der Waals surface area contributed by atoms with Crippen molar-refractivity contribution in [3.63, 3.8) is 0 Å². The SMILES string of the molecule is CCCC(CC)Oc1ccc(C2=C(c3ccc4c(c3)OCCO4)CCCc3cc(N)ccc32)cc1.CCCCF. The minimum atomic E-state index is -0.156. The molecule has 1 aliphatic heterocycles. The van der Waals surface area contributed by atoms with Gasteiger partial charge in [0.25, 0.3) is 0 Å². The lowest BCUT2D eigenvalue weighted by atomic mass is 9.87. The molecular weight excluding hydrogens is 501 g/mol. The van der Waals surface area contributed by atoms with Gasteiger partial charge < -0.3 is 19.9 Å². The molecule has 5 heteroatoms. The van der Waals surface area contributed by atoms with Crippen LogP contribution < -0.4 is 19.9 Å². The lowest BCUT2D eigenvalue weighted by Gasteiger charge is -2.21. The Morgan fingerprint density at radius 3 is 2.27 bits per heavy atom. The van der Waals surface area contributed by atoms with Crippen LogP contribution in [-0.4, -0.2) is 26.0 Å². The van der Waals surface area contributed by atoms with E-state index in [0.717, 1.165) is 74.3 Å². The van der Waals surface area contributed by atoms with Crippen LogP contribution in [0.2, 0.25) is 0 Å². The van der Waals surface area contributed by atoms with Crippen molar-refractivity contribution in [3.8, 4) is 17.2 Å². The van der Waals surface area contributed by atoms with Gasteiger partial charge in [0.15, 0.2) is 11.5 Å². The van der Waals surface area contributed by atoms with E-state index >= 15 is 0 Å². The maximum atomic E-state index is 11.0. The van der Waals surface area contributed by atoms with Crippen molar-refractivity contribution in [3.05, 3.63) is 82.9 Å². The zero-order valence-corrected chi connectivity index (χ0v) is 24.3. The van der Waals surface area contributed by atoms with Crippen LogP contribution in [0, 0.1) is 0 Å². The smallest absolute Gasteiger partial charge is 0.161 e. The number of rotatable bonds is 9. The average Bonchev–Trinajstić information content (AvgIpc) is 3.17. The van der Waals surface area contributed by atoms with Crippen LogP contribution in [0.3, 0.4) is 0 Å². The molecule has 214 valence electrons. The highest BCUT2D eigenvalue weighted by Crippen LogP contribution is 2.43. The molecule has 40 heavy (non-hydrogen) atoms. The van der Waals surface area contributed by atoms with Gasteiger partial charge in [0, 0.05) is 5.69 Å². The Labute approximate surface area is 239 Å². The number of fused-ring (bicyclic) bond motifs is 2. The maximum Gasteiger partial charge on any atom is 0.161 e. The summed E-state index contributed by atoms with van der Waals surface area (Å²) in [4.78, 5) is 0. The third kappa shape index (κ3) is 7.38. The lowest BCUT2D eigenvalue weighted by Crippen LogP contribution is -2.15. The van der Waals surface area contributed by atoms with Gasteiger partial charge in [-0.15, -0.1) is 0 Å². The molecule has 0 saturated carbocycles. The van der Waals surface area contributed by atoms with Gasteiger partial charge >= 0.3 is 0 Å². The third-order valence-electron chi connectivity index (χ3n) is 7.46. The molecule has 1 aliphatic carbocycles. The van der Waals surface area contributed by atoms with Gasteiger partial charge in [-0.05, 0) is 108 Å². The molecular formula is C35H44FNO3. The topological polar surface area (TPSA) is 53.7 Å². The quantitative estimate of drug-likeness (QED) is 0.273. The molecule has 2 aliphatic rings. The fraction of sp³-hybridized carbons (Fsp3) is 0.429. The fourth-order valence-electron chi connectivity index (χ4n) is 5.35. The second kappa shape index (κ2) is 14.8. The van der Waals surface area contributed by atoms with Gasteiger partial charge in [0.1, 0.15) is 19.0 Å². The number of allylic oxidation sites excluding steroid dienone is 1. The number of alkyl halides is 1. The number of nitrogens with two attached hydrogens (primary N) is 1. The molecule has 0 amide bonds. The summed E-state index contributed by atoms with van der Waals surface area (Å²) in [6.45, 7) is 7.39. The van der Waals surface area contributed by atoms with E-state index in [0.29, 0.717) is 13.2 Å². The summed E-state index contributed by atoms with van der Waals surface area (Å²) in [6, 6.07) is 21.3. The van der Waals surface area contributed by atoms with Crippen LogP contribution in [0.4, 0.5) is 10.1 Å². The maximum absolute atomic E-state index is 11.0. The summed E-state index contributed by atoms with van der Waals surface area (Å²) >= 11 is 0. The predicted octanol–water partition coefficient (Wildman–Crippen LogP) is 9.05. The summed E-state index contributed by atoms with van der Waals surface area (Å²) in [5.74, 6) is 2.58. The average molecular weight is 546 g/mol. The third-order valence-corrected chi connectivity index (χ3v) is 7.46. The van der Waals surface area contributed by atoms with Crippen molar-refractivity contribution >= 4 is 16.8 Å². The van der Waals surface area contributed by atoms with Gasteiger partial charge in [0.05, 0.1) is 12.8 Å². The summed E-state index contributed by atoms with van der Waals surface area (Å²) < 4.78 is 28.9. The molecule has 0 spiro atoms. The number of hydrogen-bond donors (Lipinski definition) is 1. The molecule has 0 aromatic heterocycles. The molecule has 5 rings (SSSR count). The Bertz CT molecular complexity index is 1270. The van der Waals surface area contributed by atoms with Crippen molar-refractivity contribution in [2.75, 3.05) is 25.6 Å². The monoisotopic (exact) mass is 545 g/mol. The van der Waals surface area contributed by atoms with E-state index in [9.17, 15) is 4.39 Å². The molecule has 1 atom stereocenters. The Kier molecular flexibility index (Phi) is 10.9. The highest BCUT2D eigenvalue weighted by molar-refractivity contribution is 6.00. The van der Waals surface area contributed by atoms with E-state index in [-0.39, 0.29) is 12.8 Å². The minimum absolute atomic E-state index is 0.156. The first-order chi connectivity index (χ1) is 19.6. The van der Waals surface area contributed by atoms with Gasteiger partial charge in [-0.1, -0.05) is 57.9 Å². The van der Waals surface area contributed by atoms with E-state index in [1.165, 1.54) is 33.4 Å². The van der Waals surface area contributed by atoms with Gasteiger partial charge in [0.2, 0.25) is 0 Å². The van der Waals surface area contributed by atoms with Gasteiger partial charge in [-0.2, -0.15) is 0 Å². The second-order valence-corrected chi connectivity index (χ2v) is 10.5. The number of halogens is 1. The first-order valence-corrected chi connectivity index (χ1v) is 14.9. The van der Waals surface area contributed by atoms with Crippen LogP contribution >= 0.6 is 0 Å². The number of nitrogen functional groups attached to an aromatic ring is 1. The predicted molar refractivity (Wildman–Crippen MR) is 164 cm³/mol. The van der Waals surface area contributed by atoms with Crippen molar-refractivity contribution in [2.24, 2.45) is 0 Å². The van der Waals surface area contributed by atoms with Crippen LogP contribution in [-0.2, 0) is 6.42 Å². The van der Waals surface area contributed by atoms with E-state index in [4.69, 9.17) is 19.9 Å². The molecule has 0 fully saturated rings. The molecule has 4 nitrogen and oxygen atoms in total. The number of ether oxygens (including phenoxy) is 3. The van der Waals surface area contributed by atoms with Crippen LogP contribution in [0.25, 0.3) is 11.1 Å². The lowest BCUT2D eigenvalue weighted by molar-refractivity contribution is 0.171. The summed E-state index contributed by atoms with van der Waals surface area (Å²) in [6.07, 6.45) is 8.24. The second-order valence-electron chi connectivity index (χ2n) is 10.5. The minimum Gasteiger partial charge on any atom is -0.490 e. The number of benzene rings is 3. The Hall–Kier alpha value is -3.47. The number of hydrogen-bond acceptors (Lipinski definition) is 4. The summed E-state index contributed by atoms with van der Waals surface area (Å²) in [7, 11) is 0. The van der Waals surface area contributed by atoms with Crippen LogP contribution in [0.5, 0.6) is 17.2 Å². The van der Waals surface area contributed by atoms with Crippen molar-refractivity contribution in [1.82, 2.24) is 0 Å². The highest BCUT2D eigenvalue weighted by atomic mass is 19.1. The summed E-state index contributed by atoms with van der Waals surface area (Å²) in [5.41, 5.74) is 14.5. The van der Waals surface area contributed by atoms with E-state index < -0.39 is 0 Å². The summed E-state index contributed by atoms with van der Waals surface area (Å²) in [5, 5.41) is 0. The Morgan fingerprint density at radius 1 is 0.850 bits per heavy atom. The van der Waals surface area contributed by atoms with Gasteiger partial charge in [-0.3, -0.25) is 4.39 Å². The van der Waals surface area contributed by atoms with Crippen LogP contribution in [0.1, 0.15) is 88.0 Å². The molecule has 1 heterocycles. The van der Waals surface area contributed by atoms with Crippen molar-refractivity contribution in [1.29, 1.82) is 0 Å². The van der Waals surface area contributed by atoms with E-state index in [1.807, 2.05) is 19.1 Å². The zero-order valence-electron chi connectivity index (χ0n) is 24.3. The van der Waals surface area contributed by atoms with E-state index in [1.54, 1.807) is 0 Å². The van der Waals surface area contributed by atoms with Crippen LogP contribution in [0.15, 0.2) is 60.7 Å². The standard InChI is InChI=1S/C31H35NO3.C4H9F/c1-3-6-25(4-2)35-26-13-9-21(10-14-26)31-27(8-5-7-22-19-24(32)12-15-28(22)31)23-11-16-29-30(20-23)34-18-17-33-29;1-2-3-4-5/h9-16,19-20,25H,3-8,17-18,32H2,1-2H3;2-4H2,1H3. The zero-order chi connectivity index (χ0) is 28.3. The van der Waals surface area contributed by atoms with Crippen molar-refractivity contribution < 1.29 is 18.6 Å². The fourth-order valence-corrected chi connectivity index (χ4v) is 5.35. The van der Waals surface area contributed by atoms with E-state index in [2.05, 4.69) is 62.4 Å². The first kappa shape index (κ1) is 29.5. The molecule has 0 radical (unpaired) electrons. The molecule has 2 N–H and O–H groups in total. The molecule has 3 aromatic rings. The molecule has 3 aromatic carbocycles. The number of unbranched alkanes of at least 4 members (excludes halogenated alkanes) is 1. The molecule has 0 bridgehead atoms. The molecule has 1 unspecified atom stereocenters. The largest absolute Gasteiger partial charge is 0.490 e. The Morgan fingerprint density at radius 2 is 1.60 bits per heavy atom. The highest BCUT2D eigenvalue weighted by Gasteiger charge is 2.22. The molecule has 0 saturated heterocycles. The number of aryl methyl sites for hydroxylation is 1. The Balaban J connectivity index is 0.000000681. The van der Waals surface area contributed by atoms with Crippen molar-refractivity contribution in [2.45, 2.75) is 78.2 Å². The first-order valence-electron chi connectivity index (χ1n) is 14.9. The normalized spacial score (nSPS) is 14.9. The van der Waals surface area contributed by atoms with Gasteiger partial charge in [-0.25, -0.2) is 0 Å². The number of anilines is 1.